The lowest BCUT2D eigenvalue weighted by Gasteiger charge is -2.39. The third kappa shape index (κ3) is 2.91. The van der Waals surface area contributed by atoms with Gasteiger partial charge in [0.2, 0.25) is 5.65 Å². The highest BCUT2D eigenvalue weighted by Crippen LogP contribution is 2.32. The first-order valence-corrected chi connectivity index (χ1v) is 8.85. The molecule has 0 radical (unpaired) electrons. The molecule has 1 aliphatic heterocycles. The van der Waals surface area contributed by atoms with Gasteiger partial charge in [0, 0.05) is 24.2 Å². The number of benzene rings is 1. The Kier molecular flexibility index (Phi) is 4.09. The Morgan fingerprint density at radius 2 is 2.15 bits per heavy atom. The van der Waals surface area contributed by atoms with Crippen molar-refractivity contribution in [1.82, 2.24) is 20.2 Å². The number of fused-ring (bicyclic) bond motifs is 1. The van der Waals surface area contributed by atoms with E-state index >= 15 is 0 Å². The number of nitrogens with one attached hydrogen (secondary N) is 1. The molecule has 1 aliphatic rings. The highest BCUT2D eigenvalue weighted by molar-refractivity contribution is 5.88. The van der Waals surface area contributed by atoms with Crippen molar-refractivity contribution in [2.45, 2.75) is 19.8 Å². The number of H-pyrrole nitrogens is 1. The van der Waals surface area contributed by atoms with Crippen molar-refractivity contribution >= 4 is 17.0 Å². The summed E-state index contributed by atoms with van der Waals surface area (Å²) in [6.07, 6.45) is 9.46. The summed E-state index contributed by atoms with van der Waals surface area (Å²) in [4.78, 5) is 11.6. The molecule has 0 saturated carbocycles. The SMILES string of the molecule is C#Cc1cccc(-c2[nH]nc3nc(N4CCC(C)(CN)CC4)cnc23)c1. The maximum Gasteiger partial charge on any atom is 0.202 e. The standard InChI is InChI=1S/C20H22N6/c1-3-14-5-4-6-15(11-14)17-18-19(25-24-17)23-16(12-22-18)26-9-7-20(2,13-21)8-10-26/h1,4-6,11-12H,7-10,13,21H2,2H3,(H,23,24,25). The predicted octanol–water partition coefficient (Wildman–Crippen LogP) is 2.57. The molecule has 6 nitrogen and oxygen atoms in total. The summed E-state index contributed by atoms with van der Waals surface area (Å²) in [6, 6.07) is 7.76. The Bertz CT molecular complexity index is 975. The molecule has 4 rings (SSSR count). The van der Waals surface area contributed by atoms with E-state index in [1.807, 2.05) is 30.5 Å². The lowest BCUT2D eigenvalue weighted by atomic mass is 9.80. The maximum atomic E-state index is 5.90. The van der Waals surface area contributed by atoms with Crippen LogP contribution >= 0.6 is 0 Å². The fraction of sp³-hybridized carbons (Fsp3) is 0.350. The van der Waals surface area contributed by atoms with E-state index in [-0.39, 0.29) is 5.41 Å². The molecule has 0 atom stereocenters. The zero-order valence-electron chi connectivity index (χ0n) is 14.9. The summed E-state index contributed by atoms with van der Waals surface area (Å²) in [5.74, 6) is 3.52. The van der Waals surface area contributed by atoms with Gasteiger partial charge in [0.25, 0.3) is 0 Å². The summed E-state index contributed by atoms with van der Waals surface area (Å²) in [6.45, 7) is 4.86. The third-order valence-electron chi connectivity index (χ3n) is 5.36. The molecular weight excluding hydrogens is 324 g/mol. The van der Waals surface area contributed by atoms with Gasteiger partial charge in [-0.1, -0.05) is 25.0 Å². The topological polar surface area (TPSA) is 83.7 Å². The molecule has 3 aromatic rings. The zero-order chi connectivity index (χ0) is 18.1. The van der Waals surface area contributed by atoms with Crippen molar-refractivity contribution in [3.05, 3.63) is 36.0 Å². The fourth-order valence-corrected chi connectivity index (χ4v) is 3.38. The highest BCUT2D eigenvalue weighted by Gasteiger charge is 2.29. The van der Waals surface area contributed by atoms with Gasteiger partial charge in [0.15, 0.2) is 0 Å². The summed E-state index contributed by atoms with van der Waals surface area (Å²) >= 11 is 0. The van der Waals surface area contributed by atoms with Crippen molar-refractivity contribution < 1.29 is 0 Å². The molecule has 0 unspecified atom stereocenters. The van der Waals surface area contributed by atoms with E-state index in [0.29, 0.717) is 5.65 Å². The van der Waals surface area contributed by atoms with Crippen LogP contribution in [0.5, 0.6) is 0 Å². The summed E-state index contributed by atoms with van der Waals surface area (Å²) in [5.41, 5.74) is 10.1. The monoisotopic (exact) mass is 346 g/mol. The second kappa shape index (κ2) is 6.43. The molecule has 1 fully saturated rings. The van der Waals surface area contributed by atoms with Gasteiger partial charge in [-0.05, 0) is 36.9 Å². The van der Waals surface area contributed by atoms with Crippen LogP contribution in [0.1, 0.15) is 25.3 Å². The molecule has 6 heteroatoms. The number of aromatic amines is 1. The largest absolute Gasteiger partial charge is 0.355 e. The van der Waals surface area contributed by atoms with Crippen LogP contribution in [0.25, 0.3) is 22.4 Å². The van der Waals surface area contributed by atoms with Crippen LogP contribution in [0.4, 0.5) is 5.82 Å². The predicted molar refractivity (Wildman–Crippen MR) is 104 cm³/mol. The number of hydrogen-bond donors (Lipinski definition) is 2. The number of nitrogens with zero attached hydrogens (tertiary/aromatic N) is 4. The van der Waals surface area contributed by atoms with Crippen LogP contribution in [0.3, 0.4) is 0 Å². The molecule has 132 valence electrons. The molecule has 1 saturated heterocycles. The Morgan fingerprint density at radius 3 is 2.88 bits per heavy atom. The van der Waals surface area contributed by atoms with Gasteiger partial charge in [-0.25, -0.2) is 9.97 Å². The van der Waals surface area contributed by atoms with Crippen LogP contribution in [0.15, 0.2) is 30.5 Å². The summed E-state index contributed by atoms with van der Waals surface area (Å²) in [5, 5.41) is 7.41. The van der Waals surface area contributed by atoms with Crippen molar-refractivity contribution in [2.75, 3.05) is 24.5 Å². The highest BCUT2D eigenvalue weighted by atomic mass is 15.2. The van der Waals surface area contributed by atoms with E-state index < -0.39 is 0 Å². The van der Waals surface area contributed by atoms with Gasteiger partial charge in [0.1, 0.15) is 11.3 Å². The zero-order valence-corrected chi connectivity index (χ0v) is 14.9. The normalized spacial score (nSPS) is 16.6. The number of nitrogens with two attached hydrogens (primary N) is 1. The van der Waals surface area contributed by atoms with Gasteiger partial charge in [-0.15, -0.1) is 6.42 Å². The summed E-state index contributed by atoms with van der Waals surface area (Å²) < 4.78 is 0. The number of rotatable bonds is 3. The van der Waals surface area contributed by atoms with Crippen LogP contribution in [0.2, 0.25) is 0 Å². The Hall–Kier alpha value is -2.91. The molecule has 1 aromatic carbocycles. The number of hydrogen-bond acceptors (Lipinski definition) is 5. The van der Waals surface area contributed by atoms with E-state index in [9.17, 15) is 0 Å². The Morgan fingerprint density at radius 1 is 1.35 bits per heavy atom. The molecule has 26 heavy (non-hydrogen) atoms. The number of piperidine rings is 1. The van der Waals surface area contributed by atoms with Gasteiger partial charge in [-0.2, -0.15) is 5.10 Å². The van der Waals surface area contributed by atoms with E-state index in [1.54, 1.807) is 0 Å². The van der Waals surface area contributed by atoms with Gasteiger partial charge >= 0.3 is 0 Å². The third-order valence-corrected chi connectivity index (χ3v) is 5.36. The van der Waals surface area contributed by atoms with Crippen molar-refractivity contribution in [1.29, 1.82) is 0 Å². The van der Waals surface area contributed by atoms with E-state index in [0.717, 1.165) is 60.6 Å². The molecular formula is C20H22N6. The van der Waals surface area contributed by atoms with Crippen LogP contribution in [0, 0.1) is 17.8 Å². The van der Waals surface area contributed by atoms with E-state index in [2.05, 4.69) is 32.9 Å². The minimum Gasteiger partial charge on any atom is -0.355 e. The Labute approximate surface area is 152 Å². The molecule has 2 aromatic heterocycles. The van der Waals surface area contributed by atoms with Crippen LogP contribution in [-0.4, -0.2) is 39.8 Å². The summed E-state index contributed by atoms with van der Waals surface area (Å²) in [7, 11) is 0. The van der Waals surface area contributed by atoms with Crippen molar-refractivity contribution in [2.24, 2.45) is 11.1 Å². The lowest BCUT2D eigenvalue weighted by molar-refractivity contribution is 0.258. The minimum absolute atomic E-state index is 0.232. The molecule has 0 aliphatic carbocycles. The lowest BCUT2D eigenvalue weighted by Crippen LogP contribution is -2.42. The number of terminal acetylenes is 1. The Balaban J connectivity index is 1.63. The van der Waals surface area contributed by atoms with E-state index in [4.69, 9.17) is 17.1 Å². The second-order valence-electron chi connectivity index (χ2n) is 7.23. The van der Waals surface area contributed by atoms with Crippen molar-refractivity contribution in [3.63, 3.8) is 0 Å². The van der Waals surface area contributed by atoms with E-state index in [1.165, 1.54) is 0 Å². The van der Waals surface area contributed by atoms with Crippen molar-refractivity contribution in [3.8, 4) is 23.6 Å². The van der Waals surface area contributed by atoms with Crippen LogP contribution < -0.4 is 10.6 Å². The average molecular weight is 346 g/mol. The van der Waals surface area contributed by atoms with Gasteiger partial charge < -0.3 is 10.6 Å². The van der Waals surface area contributed by atoms with Gasteiger partial charge in [-0.3, -0.25) is 5.10 Å². The molecule has 0 spiro atoms. The molecule has 3 heterocycles. The fourth-order valence-electron chi connectivity index (χ4n) is 3.38. The van der Waals surface area contributed by atoms with Crippen LogP contribution in [-0.2, 0) is 0 Å². The maximum absolute atomic E-state index is 5.90. The quantitative estimate of drug-likeness (QED) is 0.712. The molecule has 3 N–H and O–H groups in total. The molecule has 0 bridgehead atoms. The second-order valence-corrected chi connectivity index (χ2v) is 7.23. The minimum atomic E-state index is 0.232. The first-order chi connectivity index (χ1) is 12.6. The molecule has 0 amide bonds. The number of aromatic nitrogens is 4. The van der Waals surface area contributed by atoms with Gasteiger partial charge in [0.05, 0.1) is 11.9 Å². The smallest absolute Gasteiger partial charge is 0.202 e. The first kappa shape index (κ1) is 16.6. The number of anilines is 1. The first-order valence-electron chi connectivity index (χ1n) is 8.85. The average Bonchev–Trinajstić information content (AvgIpc) is 3.12.